The highest BCUT2D eigenvalue weighted by atomic mass is 35.5. The number of hydrogen-bond acceptors (Lipinski definition) is 11. The van der Waals surface area contributed by atoms with Gasteiger partial charge in [0.25, 0.3) is 0 Å². The fourth-order valence-corrected chi connectivity index (χ4v) is 7.23. The van der Waals surface area contributed by atoms with Crippen LogP contribution in [-0.4, -0.2) is 66.6 Å². The molecular weight excluding hydrogens is 618 g/mol. The molecule has 5 N–H and O–H groups in total. The van der Waals surface area contributed by atoms with Crippen LogP contribution in [0.1, 0.15) is 62.7 Å². The number of nitrogens with one attached hydrogen (secondary N) is 2. The molecule has 0 spiro atoms. The number of nitrogens with two attached hydrogens (primary N) is 1. The number of hydrogen-bond donors (Lipinski definition) is 4. The molecule has 2 aliphatic rings. The number of ether oxygens (including phenoxy) is 1. The van der Waals surface area contributed by atoms with E-state index in [0.717, 1.165) is 28.0 Å². The van der Waals surface area contributed by atoms with Gasteiger partial charge in [-0.05, 0) is 68.0 Å². The van der Waals surface area contributed by atoms with E-state index in [-0.39, 0.29) is 42.1 Å². The van der Waals surface area contributed by atoms with E-state index < -0.39 is 22.3 Å². The average molecular weight is 650 g/mol. The Morgan fingerprint density at radius 2 is 2.07 bits per heavy atom. The van der Waals surface area contributed by atoms with Gasteiger partial charge in [0, 0.05) is 34.1 Å². The first-order valence-electron chi connectivity index (χ1n) is 13.7. The van der Waals surface area contributed by atoms with Gasteiger partial charge >= 0.3 is 16.3 Å². The number of carboxylic acids is 1. The zero-order valence-corrected chi connectivity index (χ0v) is 25.8. The molecule has 1 aliphatic heterocycles. The molecule has 1 aliphatic carbocycles. The molecule has 1 saturated carbocycles. The topological polar surface area (TPSA) is 183 Å². The van der Waals surface area contributed by atoms with Gasteiger partial charge in [-0.15, -0.1) is 11.3 Å². The van der Waals surface area contributed by atoms with Crippen molar-refractivity contribution in [3.05, 3.63) is 73.8 Å². The molecule has 1 fully saturated rings. The molecule has 0 bridgehead atoms. The SMILES string of the molecule is Cc1sc(C(=O)c2cncnc2N[C@@H]2C[C@@H](COS(N)(=O)=O)[C@@H](N[C@@H](C)C(=O)O)C2)cc1[C@@H]1OCCc2ccc(Cl)cc21. The van der Waals surface area contributed by atoms with Crippen LogP contribution in [0.3, 0.4) is 0 Å². The molecule has 0 radical (unpaired) electrons. The van der Waals surface area contributed by atoms with Crippen LogP contribution in [0.4, 0.5) is 5.82 Å². The Morgan fingerprint density at radius 1 is 1.28 bits per heavy atom. The molecular formula is C28H32ClN5O7S2. The van der Waals surface area contributed by atoms with E-state index in [1.165, 1.54) is 30.8 Å². The fourth-order valence-electron chi connectivity index (χ4n) is 5.68. The predicted molar refractivity (Wildman–Crippen MR) is 161 cm³/mol. The van der Waals surface area contributed by atoms with Gasteiger partial charge in [0.15, 0.2) is 0 Å². The van der Waals surface area contributed by atoms with Crippen LogP contribution in [0.5, 0.6) is 0 Å². The maximum absolute atomic E-state index is 13.8. The summed E-state index contributed by atoms with van der Waals surface area (Å²) in [6.07, 6.45) is 4.09. The van der Waals surface area contributed by atoms with Gasteiger partial charge in [-0.2, -0.15) is 8.42 Å². The van der Waals surface area contributed by atoms with Crippen molar-refractivity contribution in [2.24, 2.45) is 11.1 Å². The molecule has 3 heterocycles. The molecule has 0 unspecified atom stereocenters. The van der Waals surface area contributed by atoms with E-state index >= 15 is 0 Å². The summed E-state index contributed by atoms with van der Waals surface area (Å²) in [4.78, 5) is 35.1. The summed E-state index contributed by atoms with van der Waals surface area (Å²) < 4.78 is 33.8. The number of aryl methyl sites for hydroxylation is 1. The van der Waals surface area contributed by atoms with Crippen molar-refractivity contribution in [3.8, 4) is 0 Å². The smallest absolute Gasteiger partial charge is 0.333 e. The summed E-state index contributed by atoms with van der Waals surface area (Å²) in [5.74, 6) is -1.34. The van der Waals surface area contributed by atoms with Gasteiger partial charge in [0.1, 0.15) is 24.3 Å². The summed E-state index contributed by atoms with van der Waals surface area (Å²) in [5, 5.41) is 21.3. The van der Waals surface area contributed by atoms with Crippen LogP contribution in [-0.2, 0) is 30.4 Å². The molecule has 3 aromatic rings. The maximum Gasteiger partial charge on any atom is 0.333 e. The number of carbonyl (C=O) groups excluding carboxylic acids is 1. The number of carboxylic acid groups (broad SMARTS) is 1. The Labute approximate surface area is 258 Å². The normalized spacial score (nSPS) is 22.6. The highest BCUT2D eigenvalue weighted by Crippen LogP contribution is 2.39. The third kappa shape index (κ3) is 7.40. The summed E-state index contributed by atoms with van der Waals surface area (Å²) in [7, 11) is -4.18. The number of rotatable bonds is 11. The third-order valence-electron chi connectivity index (χ3n) is 7.78. The van der Waals surface area contributed by atoms with Crippen LogP contribution in [0.2, 0.25) is 5.02 Å². The molecule has 2 aromatic heterocycles. The fraction of sp³-hybridized carbons (Fsp3) is 0.429. The molecule has 5 atom stereocenters. The second-order valence-electron chi connectivity index (χ2n) is 10.8. The quantitative estimate of drug-likeness (QED) is 0.224. The first-order chi connectivity index (χ1) is 20.4. The number of ketones is 1. The van der Waals surface area contributed by atoms with Gasteiger partial charge in [-0.25, -0.2) is 15.1 Å². The van der Waals surface area contributed by atoms with E-state index in [4.69, 9.17) is 25.7 Å². The minimum Gasteiger partial charge on any atom is -0.480 e. The molecule has 15 heteroatoms. The van der Waals surface area contributed by atoms with E-state index in [9.17, 15) is 23.1 Å². The number of halogens is 1. The van der Waals surface area contributed by atoms with Crippen molar-refractivity contribution in [2.45, 2.75) is 57.3 Å². The summed E-state index contributed by atoms with van der Waals surface area (Å²) in [6.45, 7) is 3.80. The standard InChI is InChI=1S/C28H32ClN5O7S2/c1-14(28(36)37)33-23-9-19(7-17(23)12-41-43(30,38)39)34-27-22(11-31-13-32-27)25(35)24-10-20(15(2)42-24)26-21-8-18(29)4-3-16(21)5-6-40-26/h3-4,8,10-11,13-14,17,19,23,26,33H,5-7,9,12H2,1-2H3,(H,36,37)(H2,30,38,39)(H,31,32,34)/t14-,17-,19+,23-,26-/m0/s1. The number of benzene rings is 1. The van der Waals surface area contributed by atoms with Crippen LogP contribution in [0.25, 0.3) is 0 Å². The van der Waals surface area contributed by atoms with Crippen LogP contribution in [0, 0.1) is 12.8 Å². The first kappa shape index (κ1) is 31.4. The molecule has 0 saturated heterocycles. The van der Waals surface area contributed by atoms with Crippen molar-refractivity contribution in [3.63, 3.8) is 0 Å². The van der Waals surface area contributed by atoms with Gasteiger partial charge in [-0.3, -0.25) is 13.8 Å². The highest BCUT2D eigenvalue weighted by molar-refractivity contribution is 7.84. The maximum atomic E-state index is 13.8. The van der Waals surface area contributed by atoms with Crippen molar-refractivity contribution < 1.29 is 32.0 Å². The van der Waals surface area contributed by atoms with Crippen molar-refractivity contribution >= 4 is 50.8 Å². The third-order valence-corrected chi connectivity index (χ3v) is 9.55. The number of anilines is 1. The monoisotopic (exact) mass is 649 g/mol. The van der Waals surface area contributed by atoms with Gasteiger partial charge in [-0.1, -0.05) is 17.7 Å². The summed E-state index contributed by atoms with van der Waals surface area (Å²) in [6, 6.07) is 6.11. The van der Waals surface area contributed by atoms with E-state index in [1.807, 2.05) is 31.2 Å². The van der Waals surface area contributed by atoms with Crippen LogP contribution in [0.15, 0.2) is 36.8 Å². The van der Waals surface area contributed by atoms with Gasteiger partial charge in [0.2, 0.25) is 5.78 Å². The zero-order valence-electron chi connectivity index (χ0n) is 23.4. The second-order valence-corrected chi connectivity index (χ2v) is 13.7. The Kier molecular flexibility index (Phi) is 9.46. The summed E-state index contributed by atoms with van der Waals surface area (Å²) in [5.41, 5.74) is 3.33. The lowest BCUT2D eigenvalue weighted by atomic mass is 9.93. The van der Waals surface area contributed by atoms with E-state index in [0.29, 0.717) is 35.2 Å². The van der Waals surface area contributed by atoms with Crippen molar-refractivity contribution in [1.29, 1.82) is 0 Å². The summed E-state index contributed by atoms with van der Waals surface area (Å²) >= 11 is 7.65. The number of aliphatic carboxylic acids is 1. The van der Waals surface area contributed by atoms with Crippen molar-refractivity contribution in [2.75, 3.05) is 18.5 Å². The highest BCUT2D eigenvalue weighted by Gasteiger charge is 2.37. The molecule has 230 valence electrons. The number of fused-ring (bicyclic) bond motifs is 1. The number of carbonyl (C=O) groups is 2. The number of aromatic nitrogens is 2. The Morgan fingerprint density at radius 3 is 2.81 bits per heavy atom. The lowest BCUT2D eigenvalue weighted by molar-refractivity contribution is -0.139. The predicted octanol–water partition coefficient (Wildman–Crippen LogP) is 3.23. The minimum absolute atomic E-state index is 0.217. The Balaban J connectivity index is 1.36. The van der Waals surface area contributed by atoms with Gasteiger partial charge in [0.05, 0.1) is 23.7 Å². The van der Waals surface area contributed by atoms with E-state index in [2.05, 4.69) is 20.6 Å². The first-order valence-corrected chi connectivity index (χ1v) is 16.3. The molecule has 0 amide bonds. The molecule has 43 heavy (non-hydrogen) atoms. The number of nitrogens with zero attached hydrogens (tertiary/aromatic N) is 2. The average Bonchev–Trinajstić information content (AvgIpc) is 3.53. The molecule has 5 rings (SSSR count). The zero-order chi connectivity index (χ0) is 30.9. The van der Waals surface area contributed by atoms with Crippen LogP contribution >= 0.6 is 22.9 Å². The van der Waals surface area contributed by atoms with Gasteiger partial charge < -0.3 is 20.5 Å². The van der Waals surface area contributed by atoms with Crippen molar-refractivity contribution in [1.82, 2.24) is 15.3 Å². The van der Waals surface area contributed by atoms with Crippen LogP contribution < -0.4 is 15.8 Å². The van der Waals surface area contributed by atoms with E-state index in [1.54, 1.807) is 0 Å². The lowest BCUT2D eigenvalue weighted by Crippen LogP contribution is -2.44. The molecule has 1 aromatic carbocycles. The number of thiophene rings is 1. The largest absolute Gasteiger partial charge is 0.480 e. The second kappa shape index (κ2) is 12.9. The Bertz CT molecular complexity index is 1630. The minimum atomic E-state index is -4.18. The Hall–Kier alpha value is -2.98. The lowest BCUT2D eigenvalue weighted by Gasteiger charge is -2.26. The molecule has 12 nitrogen and oxygen atoms in total.